The van der Waals surface area contributed by atoms with Crippen LogP contribution in [-0.4, -0.2) is 29.1 Å². The molecule has 0 unspecified atom stereocenters. The standard InChI is InChI=1S/C23H21F3N4O2/c24-23(25,26)18-5-7-19(8-6-18)30-20(31)22(9-11-32-12-10-22)17-3-1-15(2-4-17)16-13-28-21(27)29-14-16/h1-8,13-14H,9-12H2,(H,30,31)(H2,27,28,29). The number of hydrogen-bond acceptors (Lipinski definition) is 5. The van der Waals surface area contributed by atoms with Gasteiger partial charge in [0.25, 0.3) is 0 Å². The highest BCUT2D eigenvalue weighted by atomic mass is 19.4. The van der Waals surface area contributed by atoms with E-state index < -0.39 is 17.2 Å². The zero-order valence-corrected chi connectivity index (χ0v) is 17.0. The van der Waals surface area contributed by atoms with Crippen molar-refractivity contribution >= 4 is 17.5 Å². The number of alkyl halides is 3. The van der Waals surface area contributed by atoms with Crippen LogP contribution in [0.5, 0.6) is 0 Å². The molecule has 6 nitrogen and oxygen atoms in total. The van der Waals surface area contributed by atoms with Crippen molar-refractivity contribution in [2.45, 2.75) is 24.4 Å². The first-order valence-electron chi connectivity index (χ1n) is 10.0. The molecule has 1 amide bonds. The SMILES string of the molecule is Nc1ncc(-c2ccc(C3(C(=O)Nc4ccc(C(F)(F)F)cc4)CCOCC3)cc2)cn1. The molecule has 0 atom stereocenters. The zero-order chi connectivity index (χ0) is 22.8. The summed E-state index contributed by atoms with van der Waals surface area (Å²) in [4.78, 5) is 21.3. The van der Waals surface area contributed by atoms with E-state index in [1.807, 2.05) is 24.3 Å². The quantitative estimate of drug-likeness (QED) is 0.624. The first-order valence-corrected chi connectivity index (χ1v) is 10.0. The molecule has 0 saturated carbocycles. The third-order valence-electron chi connectivity index (χ3n) is 5.69. The lowest BCUT2D eigenvalue weighted by Crippen LogP contribution is -2.44. The van der Waals surface area contributed by atoms with E-state index in [1.54, 1.807) is 12.4 Å². The maximum atomic E-state index is 13.3. The third kappa shape index (κ3) is 4.43. The van der Waals surface area contributed by atoms with Crippen molar-refractivity contribution < 1.29 is 22.7 Å². The molecule has 1 aromatic heterocycles. The minimum atomic E-state index is -4.43. The summed E-state index contributed by atoms with van der Waals surface area (Å²) in [6, 6.07) is 12.0. The number of anilines is 2. The predicted octanol–water partition coefficient (Wildman–Crippen LogP) is 4.43. The Morgan fingerprint density at radius 1 is 0.938 bits per heavy atom. The number of aromatic nitrogens is 2. The highest BCUT2D eigenvalue weighted by molar-refractivity contribution is 5.99. The van der Waals surface area contributed by atoms with Gasteiger partial charge in [-0.15, -0.1) is 0 Å². The molecule has 32 heavy (non-hydrogen) atoms. The van der Waals surface area contributed by atoms with E-state index in [0.717, 1.165) is 28.8 Å². The van der Waals surface area contributed by atoms with Gasteiger partial charge in [-0.05, 0) is 48.2 Å². The second-order valence-corrected chi connectivity index (χ2v) is 7.63. The van der Waals surface area contributed by atoms with Gasteiger partial charge in [-0.1, -0.05) is 24.3 Å². The second-order valence-electron chi connectivity index (χ2n) is 7.63. The number of rotatable bonds is 4. The van der Waals surface area contributed by atoms with Crippen molar-refractivity contribution in [3.05, 3.63) is 72.1 Å². The molecule has 0 radical (unpaired) electrons. The van der Waals surface area contributed by atoms with Crippen molar-refractivity contribution in [1.29, 1.82) is 0 Å². The maximum Gasteiger partial charge on any atom is 0.416 e. The van der Waals surface area contributed by atoms with Crippen LogP contribution < -0.4 is 11.1 Å². The zero-order valence-electron chi connectivity index (χ0n) is 17.0. The summed E-state index contributed by atoms with van der Waals surface area (Å²) in [7, 11) is 0. The Labute approximate surface area is 182 Å². The summed E-state index contributed by atoms with van der Waals surface area (Å²) >= 11 is 0. The predicted molar refractivity (Wildman–Crippen MR) is 114 cm³/mol. The lowest BCUT2D eigenvalue weighted by atomic mass is 9.73. The van der Waals surface area contributed by atoms with Crippen LogP contribution in [0.15, 0.2) is 60.9 Å². The van der Waals surface area contributed by atoms with Crippen LogP contribution >= 0.6 is 0 Å². The van der Waals surface area contributed by atoms with Gasteiger partial charge in [-0.25, -0.2) is 9.97 Å². The molecule has 0 bridgehead atoms. The smallest absolute Gasteiger partial charge is 0.381 e. The monoisotopic (exact) mass is 442 g/mol. The highest BCUT2D eigenvalue weighted by Crippen LogP contribution is 2.37. The summed E-state index contributed by atoms with van der Waals surface area (Å²) in [6.07, 6.45) is -0.257. The largest absolute Gasteiger partial charge is 0.416 e. The molecule has 0 spiro atoms. The average Bonchev–Trinajstić information content (AvgIpc) is 2.80. The van der Waals surface area contributed by atoms with Gasteiger partial charge < -0.3 is 15.8 Å². The van der Waals surface area contributed by atoms with Crippen molar-refractivity contribution in [3.63, 3.8) is 0 Å². The normalized spacial score (nSPS) is 15.8. The van der Waals surface area contributed by atoms with Crippen LogP contribution in [0.1, 0.15) is 24.0 Å². The number of amides is 1. The van der Waals surface area contributed by atoms with Gasteiger partial charge in [0.1, 0.15) is 0 Å². The van der Waals surface area contributed by atoms with E-state index >= 15 is 0 Å². The summed E-state index contributed by atoms with van der Waals surface area (Å²) < 4.78 is 43.9. The number of nitrogens with zero attached hydrogens (tertiary/aromatic N) is 2. The molecule has 3 N–H and O–H groups in total. The molecular formula is C23H21F3N4O2. The number of hydrogen-bond donors (Lipinski definition) is 2. The molecule has 3 aromatic rings. The second kappa shape index (κ2) is 8.58. The van der Waals surface area contributed by atoms with Crippen LogP contribution in [0.4, 0.5) is 24.8 Å². The number of nitrogen functional groups attached to an aromatic ring is 1. The first kappa shape index (κ1) is 21.8. The summed E-state index contributed by atoms with van der Waals surface area (Å²) in [5, 5.41) is 2.79. The third-order valence-corrected chi connectivity index (χ3v) is 5.69. The Hall–Kier alpha value is -3.46. The number of ether oxygens (including phenoxy) is 1. The molecule has 1 aliphatic heterocycles. The molecule has 9 heteroatoms. The lowest BCUT2D eigenvalue weighted by molar-refractivity contribution is -0.137. The number of nitrogens with one attached hydrogen (secondary N) is 1. The molecule has 1 saturated heterocycles. The fourth-order valence-electron chi connectivity index (χ4n) is 3.83. The van der Waals surface area contributed by atoms with Gasteiger partial charge in [-0.3, -0.25) is 4.79 Å². The van der Waals surface area contributed by atoms with Crippen molar-refractivity contribution in [2.75, 3.05) is 24.3 Å². The van der Waals surface area contributed by atoms with E-state index in [4.69, 9.17) is 10.5 Å². The summed E-state index contributed by atoms with van der Waals surface area (Å²) in [6.45, 7) is 0.821. The molecule has 1 fully saturated rings. The van der Waals surface area contributed by atoms with Gasteiger partial charge in [-0.2, -0.15) is 13.2 Å². The molecule has 0 aliphatic carbocycles. The van der Waals surface area contributed by atoms with Crippen LogP contribution in [0.25, 0.3) is 11.1 Å². The fourth-order valence-corrected chi connectivity index (χ4v) is 3.83. The van der Waals surface area contributed by atoms with Crippen molar-refractivity contribution in [1.82, 2.24) is 9.97 Å². The number of carbonyl (C=O) groups excluding carboxylic acids is 1. The van der Waals surface area contributed by atoms with Gasteiger partial charge in [0.05, 0.1) is 11.0 Å². The van der Waals surface area contributed by atoms with E-state index in [1.165, 1.54) is 12.1 Å². The van der Waals surface area contributed by atoms with Gasteiger partial charge in [0.15, 0.2) is 0 Å². The first-order chi connectivity index (χ1) is 15.3. The maximum absolute atomic E-state index is 13.3. The Bertz CT molecular complexity index is 1080. The van der Waals surface area contributed by atoms with Gasteiger partial charge >= 0.3 is 6.18 Å². The van der Waals surface area contributed by atoms with Crippen LogP contribution in [0.2, 0.25) is 0 Å². The van der Waals surface area contributed by atoms with E-state index in [-0.39, 0.29) is 11.9 Å². The average molecular weight is 442 g/mol. The van der Waals surface area contributed by atoms with E-state index in [9.17, 15) is 18.0 Å². The number of halogens is 3. The van der Waals surface area contributed by atoms with E-state index in [2.05, 4.69) is 15.3 Å². The number of nitrogens with two attached hydrogens (primary N) is 1. The Balaban J connectivity index is 1.59. The summed E-state index contributed by atoms with van der Waals surface area (Å²) in [5.41, 5.74) is 6.71. The highest BCUT2D eigenvalue weighted by Gasteiger charge is 2.42. The Morgan fingerprint density at radius 3 is 2.09 bits per heavy atom. The van der Waals surface area contributed by atoms with Gasteiger partial charge in [0, 0.05) is 36.9 Å². The molecule has 4 rings (SSSR count). The van der Waals surface area contributed by atoms with Crippen LogP contribution in [-0.2, 0) is 21.1 Å². The molecule has 166 valence electrons. The Kier molecular flexibility index (Phi) is 5.84. The van der Waals surface area contributed by atoms with Crippen molar-refractivity contribution in [3.8, 4) is 11.1 Å². The number of benzene rings is 2. The molecule has 2 heterocycles. The number of carbonyl (C=O) groups is 1. The minimum absolute atomic E-state index is 0.187. The minimum Gasteiger partial charge on any atom is -0.381 e. The topological polar surface area (TPSA) is 90.1 Å². The van der Waals surface area contributed by atoms with Crippen LogP contribution in [0.3, 0.4) is 0 Å². The van der Waals surface area contributed by atoms with E-state index in [0.29, 0.717) is 31.7 Å². The van der Waals surface area contributed by atoms with Crippen LogP contribution in [0, 0.1) is 0 Å². The van der Waals surface area contributed by atoms with Gasteiger partial charge in [0.2, 0.25) is 11.9 Å². The molecule has 1 aliphatic rings. The fraction of sp³-hybridized carbons (Fsp3) is 0.261. The molecule has 2 aromatic carbocycles. The molecular weight excluding hydrogens is 421 g/mol. The summed E-state index contributed by atoms with van der Waals surface area (Å²) in [5.74, 6) is -0.0874. The van der Waals surface area contributed by atoms with Crippen molar-refractivity contribution in [2.24, 2.45) is 0 Å². The lowest BCUT2D eigenvalue weighted by Gasteiger charge is -2.36. The Morgan fingerprint density at radius 2 is 1.53 bits per heavy atom.